The number of phenols is 1. The van der Waals surface area contributed by atoms with E-state index in [0.29, 0.717) is 19.4 Å². The number of alkyl halides is 1. The molecule has 1 aliphatic rings. The zero-order chi connectivity index (χ0) is 10.9. The molecule has 1 saturated heterocycles. The number of nitrogens with one attached hydrogen (secondary N) is 1. The van der Waals surface area contributed by atoms with Crippen molar-refractivity contribution < 1.29 is 9.50 Å². The van der Waals surface area contributed by atoms with Crippen molar-refractivity contribution in [3.8, 4) is 5.75 Å². The Bertz CT molecular complexity index is 338. The molecule has 0 radical (unpaired) electrons. The van der Waals surface area contributed by atoms with Crippen LogP contribution in [0.2, 0.25) is 0 Å². The van der Waals surface area contributed by atoms with Crippen molar-refractivity contribution in [2.75, 3.05) is 6.54 Å². The minimum atomic E-state index is -0.731. The molecule has 0 spiro atoms. The number of hydrogen-bond acceptors (Lipinski definition) is 2. The highest BCUT2D eigenvalue weighted by Crippen LogP contribution is 2.31. The standard InChI is InChI=1S/C12H16FNO/c1-12(8-10(13)6-7-14-12)9-2-4-11(15)5-3-9/h2-5,10,14-15H,6-8H2,1H3. The fourth-order valence-corrected chi connectivity index (χ4v) is 2.17. The number of piperidine rings is 1. The van der Waals surface area contributed by atoms with Crippen LogP contribution in [0.3, 0.4) is 0 Å². The fraction of sp³-hybridized carbons (Fsp3) is 0.500. The van der Waals surface area contributed by atoms with E-state index in [2.05, 4.69) is 5.32 Å². The molecule has 0 saturated carbocycles. The third-order valence-electron chi connectivity index (χ3n) is 3.11. The van der Waals surface area contributed by atoms with Crippen LogP contribution in [0, 0.1) is 0 Å². The lowest BCUT2D eigenvalue weighted by atomic mass is 9.83. The van der Waals surface area contributed by atoms with Gasteiger partial charge >= 0.3 is 0 Å². The molecule has 1 heterocycles. The van der Waals surface area contributed by atoms with Crippen molar-refractivity contribution in [1.82, 2.24) is 5.32 Å². The van der Waals surface area contributed by atoms with Gasteiger partial charge in [0.15, 0.2) is 0 Å². The summed E-state index contributed by atoms with van der Waals surface area (Å²) in [4.78, 5) is 0. The summed E-state index contributed by atoms with van der Waals surface area (Å²) < 4.78 is 13.4. The highest BCUT2D eigenvalue weighted by Gasteiger charge is 2.33. The van der Waals surface area contributed by atoms with Crippen molar-refractivity contribution in [3.63, 3.8) is 0 Å². The minimum Gasteiger partial charge on any atom is -0.508 e. The first-order chi connectivity index (χ1) is 7.10. The first-order valence-electron chi connectivity index (χ1n) is 5.29. The normalized spacial score (nSPS) is 31.5. The van der Waals surface area contributed by atoms with Crippen LogP contribution in [0.15, 0.2) is 24.3 Å². The lowest BCUT2D eigenvalue weighted by Crippen LogP contribution is -2.46. The van der Waals surface area contributed by atoms with E-state index in [1.165, 1.54) is 0 Å². The van der Waals surface area contributed by atoms with Crippen molar-refractivity contribution >= 4 is 0 Å². The summed E-state index contributed by atoms with van der Waals surface area (Å²) in [6.07, 6.45) is 0.357. The SMILES string of the molecule is CC1(c2ccc(O)cc2)CC(F)CCN1. The van der Waals surface area contributed by atoms with E-state index in [0.717, 1.165) is 5.56 Å². The second-order valence-electron chi connectivity index (χ2n) is 4.40. The summed E-state index contributed by atoms with van der Waals surface area (Å²) in [5, 5.41) is 12.5. The summed E-state index contributed by atoms with van der Waals surface area (Å²) in [5.74, 6) is 0.245. The summed E-state index contributed by atoms with van der Waals surface area (Å²) in [7, 11) is 0. The largest absolute Gasteiger partial charge is 0.508 e. The number of aromatic hydroxyl groups is 1. The Balaban J connectivity index is 2.24. The van der Waals surface area contributed by atoms with Crippen LogP contribution >= 0.6 is 0 Å². The molecular weight excluding hydrogens is 193 g/mol. The Morgan fingerprint density at radius 1 is 1.40 bits per heavy atom. The van der Waals surface area contributed by atoms with Crippen LogP contribution in [0.25, 0.3) is 0 Å². The van der Waals surface area contributed by atoms with Gasteiger partial charge in [-0.1, -0.05) is 12.1 Å². The molecule has 2 rings (SSSR count). The first kappa shape index (κ1) is 10.4. The number of hydrogen-bond donors (Lipinski definition) is 2. The average molecular weight is 209 g/mol. The van der Waals surface area contributed by atoms with Gasteiger partial charge in [-0.3, -0.25) is 0 Å². The fourth-order valence-electron chi connectivity index (χ4n) is 2.17. The Morgan fingerprint density at radius 2 is 2.07 bits per heavy atom. The van der Waals surface area contributed by atoms with Crippen LogP contribution in [-0.2, 0) is 5.54 Å². The molecule has 2 atom stereocenters. The molecule has 0 aromatic heterocycles. The summed E-state index contributed by atoms with van der Waals surface area (Å²) in [6, 6.07) is 6.98. The molecule has 0 amide bonds. The van der Waals surface area contributed by atoms with E-state index in [9.17, 15) is 9.50 Å². The first-order valence-corrected chi connectivity index (χ1v) is 5.29. The third-order valence-corrected chi connectivity index (χ3v) is 3.11. The van der Waals surface area contributed by atoms with Crippen LogP contribution in [0.4, 0.5) is 4.39 Å². The van der Waals surface area contributed by atoms with Crippen LogP contribution < -0.4 is 5.32 Å². The Labute approximate surface area is 89.1 Å². The van der Waals surface area contributed by atoms with Gasteiger partial charge in [-0.15, -0.1) is 0 Å². The maximum absolute atomic E-state index is 13.4. The molecular formula is C12H16FNO. The highest BCUT2D eigenvalue weighted by atomic mass is 19.1. The average Bonchev–Trinajstić information content (AvgIpc) is 2.18. The molecule has 1 aromatic rings. The maximum atomic E-state index is 13.4. The predicted octanol–water partition coefficient (Wildman–Crippen LogP) is 2.33. The monoisotopic (exact) mass is 209 g/mol. The van der Waals surface area contributed by atoms with Crippen molar-refractivity contribution in [1.29, 1.82) is 0 Å². The van der Waals surface area contributed by atoms with Gasteiger partial charge in [0.1, 0.15) is 11.9 Å². The minimum absolute atomic E-state index is 0.245. The molecule has 0 bridgehead atoms. The summed E-state index contributed by atoms with van der Waals surface area (Å²) in [6.45, 7) is 2.71. The molecule has 2 N–H and O–H groups in total. The van der Waals surface area contributed by atoms with Crippen molar-refractivity contribution in [3.05, 3.63) is 29.8 Å². The van der Waals surface area contributed by atoms with E-state index in [-0.39, 0.29) is 11.3 Å². The molecule has 1 fully saturated rings. The second kappa shape index (κ2) is 3.81. The Hall–Kier alpha value is -1.09. The topological polar surface area (TPSA) is 32.3 Å². The van der Waals surface area contributed by atoms with Gasteiger partial charge in [-0.2, -0.15) is 0 Å². The van der Waals surface area contributed by atoms with Crippen molar-refractivity contribution in [2.45, 2.75) is 31.5 Å². The predicted molar refractivity (Wildman–Crippen MR) is 57.6 cm³/mol. The van der Waals surface area contributed by atoms with Crippen LogP contribution in [-0.4, -0.2) is 17.8 Å². The van der Waals surface area contributed by atoms with E-state index in [4.69, 9.17) is 0 Å². The lowest BCUT2D eigenvalue weighted by Gasteiger charge is -2.37. The summed E-state index contributed by atoms with van der Waals surface area (Å²) >= 11 is 0. The van der Waals surface area contributed by atoms with Gasteiger partial charge in [0.25, 0.3) is 0 Å². The molecule has 0 aliphatic carbocycles. The molecule has 82 valence electrons. The molecule has 1 aromatic carbocycles. The van der Waals surface area contributed by atoms with E-state index in [1.54, 1.807) is 12.1 Å². The number of phenolic OH excluding ortho intramolecular Hbond substituents is 1. The third kappa shape index (κ3) is 2.12. The maximum Gasteiger partial charge on any atom is 0.115 e. The molecule has 2 unspecified atom stereocenters. The molecule has 1 aliphatic heterocycles. The van der Waals surface area contributed by atoms with Crippen LogP contribution in [0.5, 0.6) is 5.75 Å². The van der Waals surface area contributed by atoms with Crippen LogP contribution in [0.1, 0.15) is 25.3 Å². The smallest absolute Gasteiger partial charge is 0.115 e. The zero-order valence-corrected chi connectivity index (χ0v) is 8.83. The highest BCUT2D eigenvalue weighted by molar-refractivity contribution is 5.31. The molecule has 3 heteroatoms. The van der Waals surface area contributed by atoms with Gasteiger partial charge in [-0.25, -0.2) is 4.39 Å². The van der Waals surface area contributed by atoms with Gasteiger partial charge in [0.2, 0.25) is 0 Å². The number of benzene rings is 1. The quantitative estimate of drug-likeness (QED) is 0.744. The van der Waals surface area contributed by atoms with Gasteiger partial charge in [-0.05, 0) is 37.6 Å². The molecule has 2 nitrogen and oxygen atoms in total. The van der Waals surface area contributed by atoms with E-state index in [1.807, 2.05) is 19.1 Å². The lowest BCUT2D eigenvalue weighted by molar-refractivity contribution is 0.165. The Kier molecular flexibility index (Phi) is 2.65. The van der Waals surface area contributed by atoms with Gasteiger partial charge in [0.05, 0.1) is 0 Å². The van der Waals surface area contributed by atoms with Gasteiger partial charge in [0, 0.05) is 12.0 Å². The summed E-state index contributed by atoms with van der Waals surface area (Å²) in [5.41, 5.74) is 0.730. The van der Waals surface area contributed by atoms with E-state index < -0.39 is 6.17 Å². The zero-order valence-electron chi connectivity index (χ0n) is 8.83. The second-order valence-corrected chi connectivity index (χ2v) is 4.40. The Morgan fingerprint density at radius 3 is 2.67 bits per heavy atom. The van der Waals surface area contributed by atoms with Crippen molar-refractivity contribution in [2.24, 2.45) is 0 Å². The number of halogens is 1. The molecule has 15 heavy (non-hydrogen) atoms. The van der Waals surface area contributed by atoms with E-state index >= 15 is 0 Å². The number of rotatable bonds is 1. The van der Waals surface area contributed by atoms with Gasteiger partial charge < -0.3 is 10.4 Å².